The fourth-order valence-corrected chi connectivity index (χ4v) is 2.40. The van der Waals surface area contributed by atoms with Gasteiger partial charge in [-0.25, -0.2) is 0 Å². The zero-order valence-electron chi connectivity index (χ0n) is 11.1. The van der Waals surface area contributed by atoms with Gasteiger partial charge in [0, 0.05) is 0 Å². The molecule has 1 heterocycles. The number of nitrogen functional groups attached to an aromatic ring is 1. The average Bonchev–Trinajstić information content (AvgIpc) is 2.28. The smallest absolute Gasteiger partial charge is 1.00 e. The van der Waals surface area contributed by atoms with E-state index in [9.17, 15) is 11.9 Å². The third kappa shape index (κ3) is 5.89. The maximum Gasteiger partial charge on any atom is 1.00 e. The molecule has 0 saturated carbocycles. The summed E-state index contributed by atoms with van der Waals surface area (Å²) in [4.78, 5) is 7.66. The second-order valence-corrected chi connectivity index (χ2v) is 6.64. The third-order valence-electron chi connectivity index (χ3n) is 2.13. The Morgan fingerprint density at radius 1 is 1.10 bits per heavy atom. The Balaban J connectivity index is 0.00000180. The summed E-state index contributed by atoms with van der Waals surface area (Å²) in [5, 5.41) is 2.91. The Hall–Kier alpha value is 0.178. The molecule has 0 fully saturated rings. The van der Waals surface area contributed by atoms with Crippen molar-refractivity contribution < 1.29 is 71.0 Å². The van der Waals surface area contributed by atoms with Crippen LogP contribution in [-0.4, -0.2) is 24.1 Å². The maximum absolute atomic E-state index is 10.8. The number of benzene rings is 1. The normalized spacial score (nSPS) is 10.1. The molecule has 94 valence electrons. The summed E-state index contributed by atoms with van der Waals surface area (Å²) in [6.07, 6.45) is 1.49. The Morgan fingerprint density at radius 3 is 2.20 bits per heavy atom. The van der Waals surface area contributed by atoms with Gasteiger partial charge in [-0.3, -0.25) is 0 Å². The van der Waals surface area contributed by atoms with Crippen LogP contribution in [0.25, 0.3) is 0 Å². The van der Waals surface area contributed by atoms with Gasteiger partial charge in [0.15, 0.2) is 0 Å². The summed E-state index contributed by atoms with van der Waals surface area (Å²) in [5.74, 6) is 0.608. The predicted octanol–water partition coefficient (Wildman–Crippen LogP) is -7.89. The van der Waals surface area contributed by atoms with Gasteiger partial charge in [-0.15, -0.1) is 0 Å². The van der Waals surface area contributed by atoms with Gasteiger partial charge in [0.2, 0.25) is 0 Å². The Kier molecular flexibility index (Phi) is 8.66. The standard InChI is InChI=1S/C10H11AsN4O3.2Na/c12-10-13-6-5-9(15-10)14-8-3-1-7(2-4-8)11(16,17)18;;/h1-6H,(H2,16,17,18)(H3,12,13,14,15);;/q;2*+1/p-2. The SMILES string of the molecule is Nc1nccc(Nc2ccc([As](=O)([O-])[O-])cc2)n1.[Na+].[Na+]. The van der Waals surface area contributed by atoms with E-state index in [1.54, 1.807) is 6.07 Å². The van der Waals surface area contributed by atoms with Crippen LogP contribution in [0, 0.1) is 0 Å². The van der Waals surface area contributed by atoms with E-state index in [1.807, 2.05) is 0 Å². The number of anilines is 3. The Bertz CT molecular complexity index is 606. The molecule has 0 amide bonds. The molecule has 3 N–H and O–H groups in total. The van der Waals surface area contributed by atoms with Crippen LogP contribution >= 0.6 is 0 Å². The van der Waals surface area contributed by atoms with Crippen molar-refractivity contribution in [3.05, 3.63) is 36.5 Å². The van der Waals surface area contributed by atoms with E-state index in [0.717, 1.165) is 0 Å². The molecule has 7 nitrogen and oxygen atoms in total. The molecular formula is C10H9AsN4Na2O3. The number of hydrogen-bond acceptors (Lipinski definition) is 7. The second kappa shape index (κ2) is 8.58. The zero-order chi connectivity index (χ0) is 13.2. The van der Waals surface area contributed by atoms with Crippen molar-refractivity contribution in [1.82, 2.24) is 9.97 Å². The van der Waals surface area contributed by atoms with Crippen LogP contribution in [0.3, 0.4) is 0 Å². The molecular weight excluding hydrogens is 345 g/mol. The van der Waals surface area contributed by atoms with Crippen molar-refractivity contribution in [1.29, 1.82) is 0 Å². The minimum atomic E-state index is -5.31. The average molecular weight is 354 g/mol. The molecule has 20 heavy (non-hydrogen) atoms. The zero-order valence-corrected chi connectivity index (χ0v) is 17.0. The van der Waals surface area contributed by atoms with Crippen LogP contribution in [0.5, 0.6) is 0 Å². The number of aromatic nitrogens is 2. The van der Waals surface area contributed by atoms with E-state index >= 15 is 0 Å². The molecule has 0 unspecified atom stereocenters. The van der Waals surface area contributed by atoms with Crippen LogP contribution in [0.2, 0.25) is 0 Å². The molecule has 1 aromatic carbocycles. The first kappa shape index (κ1) is 20.2. The van der Waals surface area contributed by atoms with Gasteiger partial charge in [0.1, 0.15) is 0 Å². The topological polar surface area (TPSA) is 127 Å². The maximum atomic E-state index is 10.8. The molecule has 2 rings (SSSR count). The first-order valence-corrected chi connectivity index (χ1v) is 8.17. The summed E-state index contributed by atoms with van der Waals surface area (Å²) in [6, 6.07) is 7.09. The quantitative estimate of drug-likeness (QED) is 0.524. The molecule has 0 aliphatic rings. The minimum absolute atomic E-state index is 0. The summed E-state index contributed by atoms with van der Waals surface area (Å²) < 4.78 is 32.3. The van der Waals surface area contributed by atoms with Crippen LogP contribution in [0.15, 0.2) is 36.5 Å². The summed E-state index contributed by atoms with van der Waals surface area (Å²) in [5.41, 5.74) is 6.01. The van der Waals surface area contributed by atoms with Gasteiger partial charge in [-0.05, 0) is 0 Å². The van der Waals surface area contributed by atoms with E-state index in [0.29, 0.717) is 11.5 Å². The van der Waals surface area contributed by atoms with Gasteiger partial charge in [-0.1, -0.05) is 0 Å². The number of rotatable bonds is 3. The van der Waals surface area contributed by atoms with Gasteiger partial charge < -0.3 is 0 Å². The summed E-state index contributed by atoms with van der Waals surface area (Å²) >= 11 is -5.31. The van der Waals surface area contributed by atoms with Crippen molar-refractivity contribution in [2.45, 2.75) is 0 Å². The fourth-order valence-electron chi connectivity index (χ4n) is 1.32. The minimum Gasteiger partial charge on any atom is 1.00 e. The monoisotopic (exact) mass is 354 g/mol. The molecule has 10 heteroatoms. The molecule has 1 aromatic heterocycles. The van der Waals surface area contributed by atoms with E-state index < -0.39 is 14.2 Å². The number of nitrogens with one attached hydrogen (secondary N) is 1. The van der Waals surface area contributed by atoms with Crippen LogP contribution in [0.1, 0.15) is 0 Å². The van der Waals surface area contributed by atoms with Crippen molar-refractivity contribution >= 4 is 36.0 Å². The molecule has 0 saturated heterocycles. The molecule has 0 spiro atoms. The number of hydrogen-bond donors (Lipinski definition) is 2. The van der Waals surface area contributed by atoms with Gasteiger partial charge in [-0.2, -0.15) is 0 Å². The molecule has 0 aliphatic carbocycles. The largest absolute Gasteiger partial charge is 1.00 e. The van der Waals surface area contributed by atoms with E-state index in [2.05, 4.69) is 15.3 Å². The van der Waals surface area contributed by atoms with E-state index in [-0.39, 0.29) is 69.4 Å². The van der Waals surface area contributed by atoms with Gasteiger partial charge in [0.25, 0.3) is 0 Å². The Morgan fingerprint density at radius 2 is 1.70 bits per heavy atom. The van der Waals surface area contributed by atoms with Crippen molar-refractivity contribution in [3.63, 3.8) is 0 Å². The van der Waals surface area contributed by atoms with Crippen LogP contribution in [-0.2, 0) is 3.74 Å². The van der Waals surface area contributed by atoms with Gasteiger partial charge in [0.05, 0.1) is 0 Å². The third-order valence-corrected chi connectivity index (χ3v) is 4.08. The number of nitrogens with two attached hydrogens (primary N) is 1. The van der Waals surface area contributed by atoms with Crippen LogP contribution < -0.4 is 82.7 Å². The molecule has 2 aromatic rings. The molecule has 0 radical (unpaired) electrons. The Labute approximate surface area is 163 Å². The van der Waals surface area contributed by atoms with Crippen molar-refractivity contribution in [2.75, 3.05) is 11.1 Å². The first-order valence-electron chi connectivity index (χ1n) is 4.93. The summed E-state index contributed by atoms with van der Waals surface area (Å²) in [7, 11) is 0. The predicted molar refractivity (Wildman–Crippen MR) is 62.2 cm³/mol. The van der Waals surface area contributed by atoms with Crippen molar-refractivity contribution in [2.24, 2.45) is 0 Å². The summed E-state index contributed by atoms with van der Waals surface area (Å²) in [6.45, 7) is 0. The van der Waals surface area contributed by atoms with Gasteiger partial charge >= 0.3 is 165 Å². The molecule has 0 aliphatic heterocycles. The molecule has 0 bridgehead atoms. The van der Waals surface area contributed by atoms with E-state index in [1.165, 1.54) is 30.5 Å². The van der Waals surface area contributed by atoms with Crippen molar-refractivity contribution in [3.8, 4) is 0 Å². The molecule has 0 atom stereocenters. The van der Waals surface area contributed by atoms with E-state index in [4.69, 9.17) is 5.73 Å². The second-order valence-electron chi connectivity index (χ2n) is 3.47. The fraction of sp³-hybridized carbons (Fsp3) is 0. The first-order chi connectivity index (χ1) is 8.45. The number of nitrogens with zero attached hydrogens (tertiary/aromatic N) is 2. The van der Waals surface area contributed by atoms with Crippen LogP contribution in [0.4, 0.5) is 17.5 Å².